The van der Waals surface area contributed by atoms with E-state index in [0.29, 0.717) is 13.2 Å². The summed E-state index contributed by atoms with van der Waals surface area (Å²) in [5.41, 5.74) is 3.17. The molecule has 1 aromatic heterocycles. The van der Waals surface area contributed by atoms with Gasteiger partial charge in [-0.05, 0) is 49.1 Å². The van der Waals surface area contributed by atoms with E-state index in [1.165, 1.54) is 6.08 Å². The number of hydrogen-bond acceptors (Lipinski definition) is 3. The molecule has 0 saturated carbocycles. The molecule has 29 heavy (non-hydrogen) atoms. The van der Waals surface area contributed by atoms with Crippen molar-refractivity contribution in [1.29, 1.82) is 0 Å². The first-order valence-corrected chi connectivity index (χ1v) is 9.89. The highest BCUT2D eigenvalue weighted by atomic mass is 16.5. The van der Waals surface area contributed by atoms with E-state index >= 15 is 0 Å². The predicted molar refractivity (Wildman–Crippen MR) is 117 cm³/mol. The minimum Gasteiger partial charge on any atom is -0.493 e. The van der Waals surface area contributed by atoms with Crippen molar-refractivity contribution in [3.05, 3.63) is 85.2 Å². The Kier molecular flexibility index (Phi) is 7.22. The summed E-state index contributed by atoms with van der Waals surface area (Å²) in [5.74, 6) is 1.57. The van der Waals surface area contributed by atoms with Gasteiger partial charge in [-0.25, -0.2) is 4.98 Å². The van der Waals surface area contributed by atoms with Crippen LogP contribution in [0, 0.1) is 0 Å². The van der Waals surface area contributed by atoms with E-state index in [1.807, 2.05) is 42.5 Å². The van der Waals surface area contributed by atoms with E-state index in [2.05, 4.69) is 40.2 Å². The summed E-state index contributed by atoms with van der Waals surface area (Å²) in [6, 6.07) is 16.1. The Morgan fingerprint density at radius 1 is 1.10 bits per heavy atom. The molecule has 0 aliphatic carbocycles. The van der Waals surface area contributed by atoms with Crippen molar-refractivity contribution >= 4 is 16.9 Å². The Hall–Kier alpha value is -3.34. The maximum atomic E-state index is 11.5. The molecule has 0 aliphatic rings. The van der Waals surface area contributed by atoms with E-state index in [0.717, 1.165) is 54.0 Å². The summed E-state index contributed by atoms with van der Waals surface area (Å²) in [6.07, 6.45) is 5.84. The molecule has 0 spiro atoms. The molecule has 5 heteroatoms. The number of fused-ring (bicyclic) bond motifs is 1. The van der Waals surface area contributed by atoms with Crippen molar-refractivity contribution < 1.29 is 9.53 Å². The second-order valence-electron chi connectivity index (χ2n) is 6.75. The lowest BCUT2D eigenvalue weighted by Crippen LogP contribution is -2.22. The number of aryl methyl sites for hydroxylation is 1. The van der Waals surface area contributed by atoms with Gasteiger partial charge < -0.3 is 14.6 Å². The Bertz CT molecular complexity index is 991. The first-order valence-electron chi connectivity index (χ1n) is 9.89. The highest BCUT2D eigenvalue weighted by molar-refractivity contribution is 5.86. The third-order valence-electron chi connectivity index (χ3n) is 4.71. The van der Waals surface area contributed by atoms with Gasteiger partial charge in [-0.15, -0.1) is 6.58 Å². The van der Waals surface area contributed by atoms with Crippen LogP contribution in [0.4, 0.5) is 0 Å². The number of benzene rings is 2. The lowest BCUT2D eigenvalue weighted by Gasteiger charge is -2.12. The maximum Gasteiger partial charge on any atom is 0.243 e. The van der Waals surface area contributed by atoms with E-state index in [4.69, 9.17) is 4.74 Å². The van der Waals surface area contributed by atoms with E-state index in [1.54, 1.807) is 0 Å². The van der Waals surface area contributed by atoms with Crippen LogP contribution in [-0.2, 0) is 24.3 Å². The largest absolute Gasteiger partial charge is 0.493 e. The monoisotopic (exact) mass is 389 g/mol. The molecule has 0 bridgehead atoms. The first kappa shape index (κ1) is 20.4. The topological polar surface area (TPSA) is 56.1 Å². The van der Waals surface area contributed by atoms with Crippen LogP contribution in [-0.4, -0.2) is 22.1 Å². The highest BCUT2D eigenvalue weighted by Crippen LogP contribution is 2.20. The van der Waals surface area contributed by atoms with Crippen molar-refractivity contribution in [3.63, 3.8) is 0 Å². The summed E-state index contributed by atoms with van der Waals surface area (Å²) < 4.78 is 8.15. The van der Waals surface area contributed by atoms with Gasteiger partial charge in [0.2, 0.25) is 5.91 Å². The molecule has 5 nitrogen and oxygen atoms in total. The second kappa shape index (κ2) is 10.3. The molecular weight excluding hydrogens is 362 g/mol. The molecule has 3 aromatic rings. The Balaban J connectivity index is 1.59. The second-order valence-corrected chi connectivity index (χ2v) is 6.75. The number of ether oxygens (including phenoxy) is 1. The molecule has 3 rings (SSSR count). The third-order valence-corrected chi connectivity index (χ3v) is 4.71. The molecule has 0 saturated heterocycles. The van der Waals surface area contributed by atoms with Gasteiger partial charge >= 0.3 is 0 Å². The molecule has 2 aromatic carbocycles. The fourth-order valence-electron chi connectivity index (χ4n) is 3.27. The molecule has 1 heterocycles. The Morgan fingerprint density at radius 3 is 2.72 bits per heavy atom. The molecule has 0 atom stereocenters. The van der Waals surface area contributed by atoms with Crippen LogP contribution in [0.25, 0.3) is 11.0 Å². The van der Waals surface area contributed by atoms with Crippen molar-refractivity contribution in [1.82, 2.24) is 14.9 Å². The summed E-state index contributed by atoms with van der Waals surface area (Å²) in [5, 5.41) is 2.82. The van der Waals surface area contributed by atoms with Gasteiger partial charge in [-0.3, -0.25) is 4.79 Å². The molecule has 0 radical (unpaired) electrons. The smallest absolute Gasteiger partial charge is 0.243 e. The number of hydrogen-bond donors (Lipinski definition) is 1. The molecule has 1 amide bonds. The van der Waals surface area contributed by atoms with Crippen molar-refractivity contribution in [3.8, 4) is 5.75 Å². The zero-order valence-corrected chi connectivity index (χ0v) is 16.6. The van der Waals surface area contributed by atoms with E-state index in [-0.39, 0.29) is 5.91 Å². The zero-order valence-electron chi connectivity index (χ0n) is 16.6. The fourth-order valence-corrected chi connectivity index (χ4v) is 3.27. The summed E-state index contributed by atoms with van der Waals surface area (Å²) in [4.78, 5) is 16.2. The van der Waals surface area contributed by atoms with Crippen molar-refractivity contribution in [2.24, 2.45) is 0 Å². The van der Waals surface area contributed by atoms with Crippen molar-refractivity contribution in [2.45, 2.75) is 32.4 Å². The molecule has 1 N–H and O–H groups in total. The molecule has 0 fully saturated rings. The number of para-hydroxylation sites is 3. The van der Waals surface area contributed by atoms with Crippen molar-refractivity contribution in [2.75, 3.05) is 6.61 Å². The van der Waals surface area contributed by atoms with Crippen LogP contribution in [0.3, 0.4) is 0 Å². The molecule has 150 valence electrons. The number of nitrogens with one attached hydrogen (secondary N) is 1. The third kappa shape index (κ3) is 5.35. The van der Waals surface area contributed by atoms with Crippen LogP contribution >= 0.6 is 0 Å². The van der Waals surface area contributed by atoms with Crippen LogP contribution < -0.4 is 10.1 Å². The van der Waals surface area contributed by atoms with Gasteiger partial charge in [-0.2, -0.15) is 0 Å². The van der Waals surface area contributed by atoms with Crippen LogP contribution in [0.1, 0.15) is 24.2 Å². The molecule has 0 unspecified atom stereocenters. The van der Waals surface area contributed by atoms with Gasteiger partial charge in [-0.1, -0.05) is 43.0 Å². The van der Waals surface area contributed by atoms with Crippen LogP contribution in [0.2, 0.25) is 0 Å². The lowest BCUT2D eigenvalue weighted by molar-refractivity contribution is -0.116. The fraction of sp³-hybridized carbons (Fsp3) is 0.250. The number of unbranched alkanes of at least 4 members (excludes halogenated alkanes) is 1. The normalized spacial score (nSPS) is 10.6. The molecular formula is C24H27N3O2. The number of aromatic nitrogens is 2. The number of rotatable bonds is 11. The number of carbonyl (C=O) groups is 1. The lowest BCUT2D eigenvalue weighted by atomic mass is 10.1. The number of carbonyl (C=O) groups excluding carboxylic acids is 1. The summed E-state index contributed by atoms with van der Waals surface area (Å²) in [6.45, 7) is 9.15. The summed E-state index contributed by atoms with van der Waals surface area (Å²) >= 11 is 0. The number of amides is 1. The quantitative estimate of drug-likeness (QED) is 0.300. The zero-order chi connectivity index (χ0) is 20.5. The minimum absolute atomic E-state index is 0.199. The summed E-state index contributed by atoms with van der Waals surface area (Å²) in [7, 11) is 0. The van der Waals surface area contributed by atoms with Gasteiger partial charge in [0.15, 0.2) is 0 Å². The average Bonchev–Trinajstić information content (AvgIpc) is 3.10. The predicted octanol–water partition coefficient (Wildman–Crippen LogP) is 4.43. The van der Waals surface area contributed by atoms with Gasteiger partial charge in [0, 0.05) is 6.54 Å². The standard InChI is InChI=1S/C24H27N3O2/c1-3-11-19-12-5-8-15-22(19)29-17-10-9-16-27-21-14-7-6-13-20(21)26-23(27)18-25-24(28)4-2/h3-8,12-15H,1-2,9-11,16-18H2,(H,25,28). The average molecular weight is 389 g/mol. The number of imidazole rings is 1. The van der Waals surface area contributed by atoms with Gasteiger partial charge in [0.25, 0.3) is 0 Å². The number of nitrogens with zero attached hydrogens (tertiary/aromatic N) is 2. The minimum atomic E-state index is -0.199. The Labute approximate surface area is 171 Å². The van der Waals surface area contributed by atoms with E-state index in [9.17, 15) is 4.79 Å². The SMILES string of the molecule is C=CCc1ccccc1OCCCCn1c(CNC(=O)C=C)nc2ccccc21. The number of allylic oxidation sites excluding steroid dienone is 1. The van der Waals surface area contributed by atoms with Crippen LogP contribution in [0.5, 0.6) is 5.75 Å². The first-order chi connectivity index (χ1) is 14.2. The highest BCUT2D eigenvalue weighted by Gasteiger charge is 2.11. The molecule has 0 aliphatic heterocycles. The van der Waals surface area contributed by atoms with Gasteiger partial charge in [0.1, 0.15) is 11.6 Å². The Morgan fingerprint density at radius 2 is 1.90 bits per heavy atom. The van der Waals surface area contributed by atoms with Gasteiger partial charge in [0.05, 0.1) is 24.2 Å². The maximum absolute atomic E-state index is 11.5. The van der Waals surface area contributed by atoms with E-state index < -0.39 is 0 Å². The van der Waals surface area contributed by atoms with Crippen LogP contribution in [0.15, 0.2) is 73.8 Å².